The van der Waals surface area contributed by atoms with Gasteiger partial charge >= 0.3 is 6.18 Å². The molecule has 0 aliphatic heterocycles. The normalized spacial score (nSPS) is 16.4. The van der Waals surface area contributed by atoms with E-state index in [0.717, 1.165) is 25.0 Å². The topological polar surface area (TPSA) is 41.1 Å². The molecular formula is C14H17F3N2O. The number of benzene rings is 1. The van der Waals surface area contributed by atoms with Gasteiger partial charge in [0.25, 0.3) is 0 Å². The Bertz CT molecular complexity index is 450. The van der Waals surface area contributed by atoms with Crippen LogP contribution in [0.25, 0.3) is 0 Å². The highest BCUT2D eigenvalue weighted by Crippen LogP contribution is 2.29. The van der Waals surface area contributed by atoms with E-state index in [-0.39, 0.29) is 12.5 Å². The third-order valence-electron chi connectivity index (χ3n) is 3.40. The van der Waals surface area contributed by atoms with Gasteiger partial charge in [0.15, 0.2) is 0 Å². The van der Waals surface area contributed by atoms with Crippen molar-refractivity contribution >= 4 is 11.6 Å². The van der Waals surface area contributed by atoms with E-state index in [1.165, 1.54) is 25.0 Å². The minimum atomic E-state index is -4.35. The van der Waals surface area contributed by atoms with Crippen molar-refractivity contribution in [3.8, 4) is 0 Å². The van der Waals surface area contributed by atoms with Crippen LogP contribution in [-0.4, -0.2) is 18.5 Å². The van der Waals surface area contributed by atoms with Gasteiger partial charge in [0.2, 0.25) is 5.91 Å². The molecule has 0 heterocycles. The number of nitrogens with one attached hydrogen (secondary N) is 2. The lowest BCUT2D eigenvalue weighted by molar-refractivity contribution is -0.137. The Kier molecular flexibility index (Phi) is 4.65. The highest BCUT2D eigenvalue weighted by Gasteiger charge is 2.29. The number of alkyl halides is 3. The first kappa shape index (κ1) is 14.8. The fourth-order valence-electron chi connectivity index (χ4n) is 2.31. The van der Waals surface area contributed by atoms with E-state index in [0.29, 0.717) is 11.7 Å². The van der Waals surface area contributed by atoms with E-state index in [4.69, 9.17) is 0 Å². The molecule has 0 unspecified atom stereocenters. The maximum Gasteiger partial charge on any atom is 0.416 e. The van der Waals surface area contributed by atoms with Gasteiger partial charge in [0, 0.05) is 11.7 Å². The Morgan fingerprint density at radius 3 is 2.30 bits per heavy atom. The van der Waals surface area contributed by atoms with Crippen LogP contribution in [0.2, 0.25) is 0 Å². The Morgan fingerprint density at radius 1 is 1.15 bits per heavy atom. The molecule has 1 saturated carbocycles. The second-order valence-electron chi connectivity index (χ2n) is 4.99. The molecule has 6 heteroatoms. The van der Waals surface area contributed by atoms with Gasteiger partial charge < -0.3 is 10.6 Å². The molecule has 110 valence electrons. The highest BCUT2D eigenvalue weighted by atomic mass is 19.4. The Balaban J connectivity index is 1.81. The number of hydrogen-bond acceptors (Lipinski definition) is 2. The van der Waals surface area contributed by atoms with Crippen LogP contribution >= 0.6 is 0 Å². The van der Waals surface area contributed by atoms with Crippen LogP contribution in [0, 0.1) is 0 Å². The van der Waals surface area contributed by atoms with Crippen molar-refractivity contribution in [1.82, 2.24) is 5.32 Å². The van der Waals surface area contributed by atoms with E-state index < -0.39 is 11.7 Å². The largest absolute Gasteiger partial charge is 0.416 e. The first-order chi connectivity index (χ1) is 9.45. The number of rotatable bonds is 4. The van der Waals surface area contributed by atoms with Crippen LogP contribution in [-0.2, 0) is 11.0 Å². The van der Waals surface area contributed by atoms with Crippen LogP contribution < -0.4 is 10.6 Å². The SMILES string of the molecule is O=C(CNC1CCCC1)Nc1ccc(C(F)(F)F)cc1. The van der Waals surface area contributed by atoms with Gasteiger partial charge in [-0.1, -0.05) is 12.8 Å². The maximum absolute atomic E-state index is 12.4. The van der Waals surface area contributed by atoms with Gasteiger partial charge in [-0.05, 0) is 37.1 Å². The van der Waals surface area contributed by atoms with Crippen LogP contribution in [0.15, 0.2) is 24.3 Å². The summed E-state index contributed by atoms with van der Waals surface area (Å²) in [4.78, 5) is 11.7. The standard InChI is InChI=1S/C14H17F3N2O/c15-14(16,17)10-5-7-12(8-6-10)19-13(20)9-18-11-3-1-2-4-11/h5-8,11,18H,1-4,9H2,(H,19,20). The van der Waals surface area contributed by atoms with Crippen LogP contribution in [0.3, 0.4) is 0 Å². The summed E-state index contributed by atoms with van der Waals surface area (Å²) in [6.45, 7) is 0.186. The second-order valence-corrected chi connectivity index (χ2v) is 4.99. The second kappa shape index (κ2) is 6.26. The zero-order valence-corrected chi connectivity index (χ0v) is 11.0. The number of hydrogen-bond donors (Lipinski definition) is 2. The summed E-state index contributed by atoms with van der Waals surface area (Å²) < 4.78 is 37.1. The predicted molar refractivity (Wildman–Crippen MR) is 70.3 cm³/mol. The summed E-state index contributed by atoms with van der Waals surface area (Å²) in [5.74, 6) is -0.239. The number of halogens is 3. The molecular weight excluding hydrogens is 269 g/mol. The number of anilines is 1. The Morgan fingerprint density at radius 2 is 1.75 bits per heavy atom. The molecule has 1 aromatic rings. The van der Waals surface area contributed by atoms with E-state index in [1.807, 2.05) is 0 Å². The quantitative estimate of drug-likeness (QED) is 0.892. The molecule has 2 N–H and O–H groups in total. The monoisotopic (exact) mass is 286 g/mol. The van der Waals surface area contributed by atoms with Crippen molar-refractivity contribution in [3.05, 3.63) is 29.8 Å². The summed E-state index contributed by atoms with van der Waals surface area (Å²) >= 11 is 0. The van der Waals surface area contributed by atoms with E-state index in [1.54, 1.807) is 0 Å². The molecule has 0 atom stereocenters. The van der Waals surface area contributed by atoms with Crippen LogP contribution in [0.1, 0.15) is 31.2 Å². The van der Waals surface area contributed by atoms with Crippen molar-refractivity contribution in [2.45, 2.75) is 37.9 Å². The molecule has 0 aromatic heterocycles. The zero-order chi connectivity index (χ0) is 14.6. The molecule has 0 spiro atoms. The first-order valence-corrected chi connectivity index (χ1v) is 6.65. The third kappa shape index (κ3) is 4.23. The van der Waals surface area contributed by atoms with Gasteiger partial charge in [-0.15, -0.1) is 0 Å². The maximum atomic E-state index is 12.4. The van der Waals surface area contributed by atoms with Gasteiger partial charge in [-0.2, -0.15) is 13.2 Å². The van der Waals surface area contributed by atoms with Gasteiger partial charge in [0.1, 0.15) is 0 Å². The minimum absolute atomic E-state index is 0.186. The van der Waals surface area contributed by atoms with Crippen molar-refractivity contribution in [3.63, 3.8) is 0 Å². The molecule has 1 aliphatic rings. The third-order valence-corrected chi connectivity index (χ3v) is 3.40. The summed E-state index contributed by atoms with van der Waals surface area (Å²) in [6, 6.07) is 4.82. The van der Waals surface area contributed by atoms with Crippen molar-refractivity contribution < 1.29 is 18.0 Å². The average Bonchev–Trinajstić information content (AvgIpc) is 2.89. The lowest BCUT2D eigenvalue weighted by Crippen LogP contribution is -2.34. The van der Waals surface area contributed by atoms with Gasteiger partial charge in [-0.3, -0.25) is 4.79 Å². The molecule has 0 saturated heterocycles. The summed E-state index contributed by atoms with van der Waals surface area (Å²) in [5.41, 5.74) is -0.351. The first-order valence-electron chi connectivity index (χ1n) is 6.65. The minimum Gasteiger partial charge on any atom is -0.325 e. The van der Waals surface area contributed by atoms with E-state index in [9.17, 15) is 18.0 Å². The lowest BCUT2D eigenvalue weighted by atomic mass is 10.2. The lowest BCUT2D eigenvalue weighted by Gasteiger charge is -2.12. The highest BCUT2D eigenvalue weighted by molar-refractivity contribution is 5.92. The Hall–Kier alpha value is -1.56. The molecule has 2 rings (SSSR count). The van der Waals surface area contributed by atoms with Crippen LogP contribution in [0.5, 0.6) is 0 Å². The smallest absolute Gasteiger partial charge is 0.325 e. The molecule has 1 aliphatic carbocycles. The van der Waals surface area contributed by atoms with Gasteiger partial charge in [0.05, 0.1) is 12.1 Å². The molecule has 0 bridgehead atoms. The van der Waals surface area contributed by atoms with E-state index >= 15 is 0 Å². The molecule has 3 nitrogen and oxygen atoms in total. The fourth-order valence-corrected chi connectivity index (χ4v) is 2.31. The average molecular weight is 286 g/mol. The molecule has 1 fully saturated rings. The van der Waals surface area contributed by atoms with Gasteiger partial charge in [-0.25, -0.2) is 0 Å². The van der Waals surface area contributed by atoms with E-state index in [2.05, 4.69) is 10.6 Å². The van der Waals surface area contributed by atoms with Crippen molar-refractivity contribution in [2.24, 2.45) is 0 Å². The molecule has 1 amide bonds. The predicted octanol–water partition coefficient (Wildman–Crippen LogP) is 3.18. The fraction of sp³-hybridized carbons (Fsp3) is 0.500. The van der Waals surface area contributed by atoms with Crippen LogP contribution in [0.4, 0.5) is 18.9 Å². The van der Waals surface area contributed by atoms with Crippen molar-refractivity contribution in [2.75, 3.05) is 11.9 Å². The number of carbonyl (C=O) groups is 1. The Labute approximate surface area is 115 Å². The molecule has 20 heavy (non-hydrogen) atoms. The zero-order valence-electron chi connectivity index (χ0n) is 11.0. The van der Waals surface area contributed by atoms with Crippen molar-refractivity contribution in [1.29, 1.82) is 0 Å². The number of amides is 1. The molecule has 1 aromatic carbocycles. The number of carbonyl (C=O) groups excluding carboxylic acids is 1. The summed E-state index contributed by atoms with van der Waals surface area (Å²) in [7, 11) is 0. The summed E-state index contributed by atoms with van der Waals surface area (Å²) in [5, 5.41) is 5.72. The molecule has 0 radical (unpaired) electrons. The summed E-state index contributed by atoms with van der Waals surface area (Å²) in [6.07, 6.45) is 0.157.